The van der Waals surface area contributed by atoms with Gasteiger partial charge in [-0.25, -0.2) is 16.8 Å². The first-order valence-electron chi connectivity index (χ1n) is 11.0. The average Bonchev–Trinajstić information content (AvgIpc) is 3.07. The number of carbonyl (C=O) groups is 1. The Balaban J connectivity index is 1.96. The number of nitrogens with one attached hydrogen (secondary N) is 1. The predicted octanol–water partition coefficient (Wildman–Crippen LogP) is 1.87. The summed E-state index contributed by atoms with van der Waals surface area (Å²) in [6, 6.07) is 4.28. The van der Waals surface area contributed by atoms with E-state index < -0.39 is 31.8 Å². The molecule has 2 aliphatic heterocycles. The van der Waals surface area contributed by atoms with Crippen LogP contribution in [-0.2, 0) is 19.9 Å². The van der Waals surface area contributed by atoms with Gasteiger partial charge in [-0.3, -0.25) is 4.79 Å². The second-order valence-corrected chi connectivity index (χ2v) is 12.7. The monoisotopic (exact) mass is 471 g/mol. The van der Waals surface area contributed by atoms with Crippen molar-refractivity contribution in [3.05, 3.63) is 23.8 Å². The van der Waals surface area contributed by atoms with Crippen molar-refractivity contribution in [2.75, 3.05) is 42.6 Å². The summed E-state index contributed by atoms with van der Waals surface area (Å²) in [6.45, 7) is 8.02. The van der Waals surface area contributed by atoms with E-state index in [-0.39, 0.29) is 22.0 Å². The maximum atomic E-state index is 13.2. The van der Waals surface area contributed by atoms with Crippen LogP contribution in [0.3, 0.4) is 0 Å². The van der Waals surface area contributed by atoms with E-state index in [1.807, 2.05) is 0 Å². The van der Waals surface area contributed by atoms with E-state index in [1.54, 1.807) is 26.0 Å². The van der Waals surface area contributed by atoms with Gasteiger partial charge in [0.1, 0.15) is 0 Å². The van der Waals surface area contributed by atoms with Crippen molar-refractivity contribution in [3.8, 4) is 0 Å². The standard InChI is InChI=1S/C21H33N3O5S2/c1-4-24(5-2)31(28,29)18-6-7-20(23-11-8-16(3)9-12-23)19(14-18)21(25)22-17-10-13-30(26,27)15-17/h6-7,14,16-17H,4-5,8-13,15H2,1-3H3,(H,22,25). The molecule has 0 aliphatic carbocycles. The van der Waals surface area contributed by atoms with Crippen molar-refractivity contribution in [2.24, 2.45) is 5.92 Å². The molecule has 8 nitrogen and oxygen atoms in total. The third-order valence-corrected chi connectivity index (χ3v) is 10.1. The highest BCUT2D eigenvalue weighted by atomic mass is 32.2. The van der Waals surface area contributed by atoms with E-state index in [9.17, 15) is 21.6 Å². The van der Waals surface area contributed by atoms with Crippen molar-refractivity contribution in [3.63, 3.8) is 0 Å². The summed E-state index contributed by atoms with van der Waals surface area (Å²) in [5.41, 5.74) is 0.982. The van der Waals surface area contributed by atoms with Crippen LogP contribution in [0.25, 0.3) is 0 Å². The molecule has 1 unspecified atom stereocenters. The van der Waals surface area contributed by atoms with Crippen molar-refractivity contribution in [1.29, 1.82) is 0 Å². The number of amides is 1. The second kappa shape index (κ2) is 9.46. The number of benzene rings is 1. The van der Waals surface area contributed by atoms with Crippen LogP contribution in [0.1, 0.15) is 50.4 Å². The van der Waals surface area contributed by atoms with Crippen molar-refractivity contribution in [1.82, 2.24) is 9.62 Å². The van der Waals surface area contributed by atoms with Crippen LogP contribution < -0.4 is 10.2 Å². The summed E-state index contributed by atoms with van der Waals surface area (Å²) in [5.74, 6) is 0.171. The van der Waals surface area contributed by atoms with E-state index in [1.165, 1.54) is 10.4 Å². The van der Waals surface area contributed by atoms with Crippen LogP contribution in [0.4, 0.5) is 5.69 Å². The van der Waals surface area contributed by atoms with E-state index in [0.717, 1.165) is 25.9 Å². The van der Waals surface area contributed by atoms with Gasteiger partial charge in [0.2, 0.25) is 10.0 Å². The molecular formula is C21H33N3O5S2. The molecule has 3 rings (SSSR count). The Morgan fingerprint density at radius 3 is 2.35 bits per heavy atom. The summed E-state index contributed by atoms with van der Waals surface area (Å²) in [6.07, 6.45) is 2.38. The number of anilines is 1. The van der Waals surface area contributed by atoms with Crippen LogP contribution >= 0.6 is 0 Å². The highest BCUT2D eigenvalue weighted by Gasteiger charge is 2.31. The number of sulfonamides is 1. The van der Waals surface area contributed by atoms with Crippen molar-refractivity contribution < 1.29 is 21.6 Å². The van der Waals surface area contributed by atoms with Crippen LogP contribution in [0, 0.1) is 5.92 Å². The molecular weight excluding hydrogens is 438 g/mol. The molecule has 0 bridgehead atoms. The molecule has 2 saturated heterocycles. The third kappa shape index (κ3) is 5.40. The van der Waals surface area contributed by atoms with Crippen molar-refractivity contribution in [2.45, 2.75) is 51.0 Å². The Hall–Kier alpha value is -1.65. The summed E-state index contributed by atoms with van der Waals surface area (Å²) in [4.78, 5) is 15.4. The molecule has 1 aromatic carbocycles. The fraction of sp³-hybridized carbons (Fsp3) is 0.667. The largest absolute Gasteiger partial charge is 0.371 e. The second-order valence-electron chi connectivity index (χ2n) is 8.51. The Morgan fingerprint density at radius 2 is 1.81 bits per heavy atom. The summed E-state index contributed by atoms with van der Waals surface area (Å²) in [7, 11) is -6.86. The Labute approximate surface area is 186 Å². The van der Waals surface area contributed by atoms with E-state index in [2.05, 4.69) is 17.1 Å². The van der Waals surface area contributed by atoms with Crippen molar-refractivity contribution >= 4 is 31.5 Å². The lowest BCUT2D eigenvalue weighted by atomic mass is 9.98. The highest BCUT2D eigenvalue weighted by Crippen LogP contribution is 2.30. The Kier molecular flexibility index (Phi) is 7.32. The smallest absolute Gasteiger partial charge is 0.253 e. The molecule has 2 aliphatic rings. The fourth-order valence-electron chi connectivity index (χ4n) is 4.27. The minimum Gasteiger partial charge on any atom is -0.371 e. The lowest BCUT2D eigenvalue weighted by Gasteiger charge is -2.33. The molecule has 10 heteroatoms. The van der Waals surface area contributed by atoms with Gasteiger partial charge in [0.15, 0.2) is 9.84 Å². The molecule has 1 amide bonds. The van der Waals surface area contributed by atoms with Crippen LogP contribution in [-0.4, -0.2) is 70.8 Å². The van der Waals surface area contributed by atoms with Gasteiger partial charge in [-0.2, -0.15) is 4.31 Å². The van der Waals surface area contributed by atoms with E-state index in [0.29, 0.717) is 31.1 Å². The average molecular weight is 472 g/mol. The molecule has 0 saturated carbocycles. The minimum atomic E-state index is -3.72. The maximum absolute atomic E-state index is 13.2. The van der Waals surface area contributed by atoms with Gasteiger partial charge in [-0.1, -0.05) is 20.8 Å². The number of hydrogen-bond acceptors (Lipinski definition) is 6. The number of carbonyl (C=O) groups excluding carboxylic acids is 1. The molecule has 0 spiro atoms. The molecule has 0 radical (unpaired) electrons. The zero-order valence-corrected chi connectivity index (χ0v) is 20.1. The molecule has 174 valence electrons. The number of nitrogens with zero attached hydrogens (tertiary/aromatic N) is 2. The topological polar surface area (TPSA) is 104 Å². The molecule has 31 heavy (non-hydrogen) atoms. The first-order valence-corrected chi connectivity index (χ1v) is 14.2. The Bertz CT molecular complexity index is 1010. The third-order valence-electron chi connectivity index (χ3n) is 6.25. The highest BCUT2D eigenvalue weighted by molar-refractivity contribution is 7.91. The lowest BCUT2D eigenvalue weighted by Crippen LogP contribution is -2.38. The molecule has 1 N–H and O–H groups in total. The SMILES string of the molecule is CCN(CC)S(=O)(=O)c1ccc(N2CCC(C)CC2)c(C(=O)NC2CCS(=O)(=O)C2)c1. The first-order chi connectivity index (χ1) is 14.6. The van der Waals surface area contributed by atoms with Gasteiger partial charge in [0.05, 0.1) is 22.0 Å². The number of rotatable bonds is 7. The van der Waals surface area contributed by atoms with Gasteiger partial charge < -0.3 is 10.2 Å². The van der Waals surface area contributed by atoms with Gasteiger partial charge in [-0.15, -0.1) is 0 Å². The first kappa shape index (κ1) is 24.0. The molecule has 2 fully saturated rings. The number of piperidine rings is 1. The normalized spacial score (nSPS) is 22.1. The predicted molar refractivity (Wildman–Crippen MR) is 122 cm³/mol. The van der Waals surface area contributed by atoms with Gasteiger partial charge >= 0.3 is 0 Å². The number of hydrogen-bond donors (Lipinski definition) is 1. The van der Waals surface area contributed by atoms with Gasteiger partial charge in [0.25, 0.3) is 5.91 Å². The van der Waals surface area contributed by atoms with E-state index >= 15 is 0 Å². The molecule has 0 aromatic heterocycles. The van der Waals surface area contributed by atoms with Crippen LogP contribution in [0.15, 0.2) is 23.1 Å². The molecule has 1 atom stereocenters. The van der Waals surface area contributed by atoms with Gasteiger partial charge in [-0.05, 0) is 43.4 Å². The maximum Gasteiger partial charge on any atom is 0.253 e. The summed E-state index contributed by atoms with van der Waals surface area (Å²) >= 11 is 0. The summed E-state index contributed by atoms with van der Waals surface area (Å²) in [5, 5.41) is 2.82. The fourth-order valence-corrected chi connectivity index (χ4v) is 7.43. The zero-order valence-electron chi connectivity index (χ0n) is 18.5. The van der Waals surface area contributed by atoms with Gasteiger partial charge in [0, 0.05) is 37.9 Å². The quantitative estimate of drug-likeness (QED) is 0.651. The minimum absolute atomic E-state index is 0.0607. The molecule has 2 heterocycles. The number of sulfone groups is 1. The van der Waals surface area contributed by atoms with Crippen LogP contribution in [0.2, 0.25) is 0 Å². The Morgan fingerprint density at radius 1 is 1.16 bits per heavy atom. The summed E-state index contributed by atoms with van der Waals surface area (Å²) < 4.78 is 51.0. The zero-order chi connectivity index (χ0) is 22.8. The van der Waals surface area contributed by atoms with Crippen LogP contribution in [0.5, 0.6) is 0 Å². The van der Waals surface area contributed by atoms with E-state index in [4.69, 9.17) is 0 Å². The lowest BCUT2D eigenvalue weighted by molar-refractivity contribution is 0.0941. The molecule has 1 aromatic rings.